The lowest BCUT2D eigenvalue weighted by molar-refractivity contribution is -0.00206. The van der Waals surface area contributed by atoms with Crippen LogP contribution in [0.3, 0.4) is 0 Å². The lowest BCUT2D eigenvalue weighted by Crippen LogP contribution is -2.36. The van der Waals surface area contributed by atoms with Gasteiger partial charge in [0.15, 0.2) is 0 Å². The number of aliphatic hydroxyl groups excluding tert-OH is 2. The van der Waals surface area contributed by atoms with E-state index in [0.717, 1.165) is 30.4 Å². The van der Waals surface area contributed by atoms with Gasteiger partial charge in [0.1, 0.15) is 0 Å². The van der Waals surface area contributed by atoms with E-state index in [1.165, 1.54) is 31.3 Å². The molecule has 3 saturated carbocycles. The molecule has 0 aromatic heterocycles. The van der Waals surface area contributed by atoms with Gasteiger partial charge in [-0.2, -0.15) is 0 Å². The lowest BCUT2D eigenvalue weighted by atomic mass is 9.61. The first-order valence-corrected chi connectivity index (χ1v) is 13.4. The minimum Gasteiger partial charge on any atom is -0.393 e. The molecule has 3 heteroatoms. The van der Waals surface area contributed by atoms with Crippen molar-refractivity contribution in [2.45, 2.75) is 110 Å². The van der Waals surface area contributed by atoms with Crippen molar-refractivity contribution in [2.24, 2.45) is 29.1 Å². The van der Waals surface area contributed by atoms with Gasteiger partial charge in [0, 0.05) is 12.3 Å². The molecule has 3 aliphatic rings. The Morgan fingerprint density at radius 2 is 1.82 bits per heavy atom. The molecule has 0 radical (unpaired) electrons. The average Bonchev–Trinajstić information content (AvgIpc) is 3.15. The van der Waals surface area contributed by atoms with Gasteiger partial charge in [0.2, 0.25) is 0 Å². The summed E-state index contributed by atoms with van der Waals surface area (Å²) in [5, 5.41) is 31.1. The second-order valence-electron chi connectivity index (χ2n) is 11.5. The van der Waals surface area contributed by atoms with Crippen molar-refractivity contribution in [2.75, 3.05) is 0 Å². The van der Waals surface area contributed by atoms with Crippen molar-refractivity contribution in [3.8, 4) is 0 Å². The molecule has 0 unspecified atom stereocenters. The van der Waals surface area contributed by atoms with Crippen LogP contribution >= 0.6 is 0 Å². The van der Waals surface area contributed by atoms with Crippen LogP contribution in [0.2, 0.25) is 0 Å². The summed E-state index contributed by atoms with van der Waals surface area (Å²) in [6.45, 7) is 15.3. The van der Waals surface area contributed by atoms with E-state index >= 15 is 0 Å². The first kappa shape index (κ1) is 26.4. The Labute approximate surface area is 202 Å². The van der Waals surface area contributed by atoms with E-state index in [0.29, 0.717) is 36.0 Å². The van der Waals surface area contributed by atoms with Gasteiger partial charge in [0.25, 0.3) is 0 Å². The van der Waals surface area contributed by atoms with E-state index in [-0.39, 0.29) is 5.92 Å². The predicted molar refractivity (Wildman–Crippen MR) is 138 cm³/mol. The number of hydrogen-bond donors (Lipinski definition) is 3. The highest BCUT2D eigenvalue weighted by Crippen LogP contribution is 2.59. The van der Waals surface area contributed by atoms with Gasteiger partial charge in [-0.05, 0) is 85.7 Å². The molecule has 0 amide bonds. The highest BCUT2D eigenvalue weighted by molar-refractivity contribution is 5.38. The Morgan fingerprint density at radius 1 is 1.12 bits per heavy atom. The summed E-state index contributed by atoms with van der Waals surface area (Å²) in [5.74, 6) is 1.94. The molecule has 3 fully saturated rings. The Hall–Kier alpha value is -1.16. The largest absolute Gasteiger partial charge is 0.393 e. The molecular formula is C30H48O3. The SMILES string of the molecule is C=C1/C(=C\C=C2/CCC[C@]3(C)[C@@H]([C@H](C)/C=C/[C@@H](C)C(O)(CC)CC)CC[C@@H]23)C[C@@H](O)C[C@@H]1O. The van der Waals surface area contributed by atoms with Crippen LogP contribution in [0.4, 0.5) is 0 Å². The first-order valence-electron chi connectivity index (χ1n) is 13.4. The van der Waals surface area contributed by atoms with Crippen LogP contribution < -0.4 is 0 Å². The van der Waals surface area contributed by atoms with Crippen molar-refractivity contribution >= 4 is 0 Å². The third-order valence-electron chi connectivity index (χ3n) is 9.71. The smallest absolute Gasteiger partial charge is 0.0811 e. The quantitative estimate of drug-likeness (QED) is 0.383. The fraction of sp³-hybridized carbons (Fsp3) is 0.733. The maximum atomic E-state index is 10.9. The van der Waals surface area contributed by atoms with Crippen LogP contribution in [-0.2, 0) is 0 Å². The summed E-state index contributed by atoms with van der Waals surface area (Å²) in [5.41, 5.74) is 3.02. The fourth-order valence-corrected chi connectivity index (χ4v) is 7.16. The maximum absolute atomic E-state index is 10.9. The number of fused-ring (bicyclic) bond motifs is 1. The molecule has 0 heterocycles. The Balaban J connectivity index is 1.75. The van der Waals surface area contributed by atoms with Gasteiger partial charge < -0.3 is 15.3 Å². The molecule has 33 heavy (non-hydrogen) atoms. The molecule has 0 bridgehead atoms. The van der Waals surface area contributed by atoms with Crippen molar-refractivity contribution in [1.82, 2.24) is 0 Å². The van der Waals surface area contributed by atoms with Gasteiger partial charge in [-0.25, -0.2) is 0 Å². The molecule has 0 spiro atoms. The standard InChI is InChI=1S/C30H48O3/c1-7-30(33,8-2)21(4)12-11-20(3)26-15-16-27-23(10-9-17-29(26,27)6)13-14-24-18-25(31)19-28(32)22(24)5/h11-14,20-21,25-28,31-33H,5,7-10,15-19H2,1-4,6H3/b12-11+,23-13+,24-14-/t20-,21-,25-,26-,27+,28+,29-/m1/s1. The van der Waals surface area contributed by atoms with Crippen LogP contribution in [0, 0.1) is 29.1 Å². The molecule has 3 N–H and O–H groups in total. The van der Waals surface area contributed by atoms with Crippen molar-refractivity contribution < 1.29 is 15.3 Å². The van der Waals surface area contributed by atoms with Crippen molar-refractivity contribution in [3.05, 3.63) is 47.6 Å². The molecule has 3 rings (SSSR count). The molecule has 7 atom stereocenters. The van der Waals surface area contributed by atoms with E-state index in [1.807, 2.05) is 0 Å². The second kappa shape index (κ2) is 10.6. The molecule has 3 nitrogen and oxygen atoms in total. The van der Waals surface area contributed by atoms with Crippen LogP contribution in [0.25, 0.3) is 0 Å². The molecule has 186 valence electrons. The molecule has 0 aromatic rings. The van der Waals surface area contributed by atoms with Crippen molar-refractivity contribution in [1.29, 1.82) is 0 Å². The highest BCUT2D eigenvalue weighted by atomic mass is 16.3. The molecular weight excluding hydrogens is 408 g/mol. The monoisotopic (exact) mass is 456 g/mol. The number of allylic oxidation sites excluding steroid dienone is 4. The minimum atomic E-state index is -0.626. The van der Waals surface area contributed by atoms with E-state index in [2.05, 4.69) is 65.5 Å². The van der Waals surface area contributed by atoms with E-state index in [4.69, 9.17) is 0 Å². The molecule has 0 aromatic carbocycles. The van der Waals surface area contributed by atoms with Crippen molar-refractivity contribution in [3.63, 3.8) is 0 Å². The van der Waals surface area contributed by atoms with Gasteiger partial charge in [-0.1, -0.05) is 71.1 Å². The summed E-state index contributed by atoms with van der Waals surface area (Å²) in [7, 11) is 0. The van der Waals surface area contributed by atoms with Crippen LogP contribution in [-0.4, -0.2) is 33.1 Å². The number of aliphatic hydroxyl groups is 3. The van der Waals surface area contributed by atoms with Crippen LogP contribution in [0.15, 0.2) is 47.6 Å². The third kappa shape index (κ3) is 5.41. The Bertz CT molecular complexity index is 786. The zero-order valence-corrected chi connectivity index (χ0v) is 21.7. The highest BCUT2D eigenvalue weighted by Gasteiger charge is 2.50. The zero-order chi connectivity index (χ0) is 24.4. The molecule has 3 aliphatic carbocycles. The maximum Gasteiger partial charge on any atom is 0.0811 e. The summed E-state index contributed by atoms with van der Waals surface area (Å²) in [6.07, 6.45) is 16.7. The minimum absolute atomic E-state index is 0.169. The summed E-state index contributed by atoms with van der Waals surface area (Å²) in [4.78, 5) is 0. The van der Waals surface area contributed by atoms with Gasteiger partial charge >= 0.3 is 0 Å². The second-order valence-corrected chi connectivity index (χ2v) is 11.5. The Morgan fingerprint density at radius 3 is 2.48 bits per heavy atom. The molecule has 0 saturated heterocycles. The summed E-state index contributed by atoms with van der Waals surface area (Å²) < 4.78 is 0. The fourth-order valence-electron chi connectivity index (χ4n) is 7.16. The van der Waals surface area contributed by atoms with Gasteiger partial charge in [-0.15, -0.1) is 0 Å². The van der Waals surface area contributed by atoms with Crippen LogP contribution in [0.5, 0.6) is 0 Å². The third-order valence-corrected chi connectivity index (χ3v) is 9.71. The molecule has 0 aliphatic heterocycles. The van der Waals surface area contributed by atoms with E-state index in [9.17, 15) is 15.3 Å². The zero-order valence-electron chi connectivity index (χ0n) is 21.7. The number of rotatable bonds is 7. The van der Waals surface area contributed by atoms with Gasteiger partial charge in [0.05, 0.1) is 17.8 Å². The topological polar surface area (TPSA) is 60.7 Å². The van der Waals surface area contributed by atoms with Gasteiger partial charge in [-0.3, -0.25) is 0 Å². The summed E-state index contributed by atoms with van der Waals surface area (Å²) >= 11 is 0. The summed E-state index contributed by atoms with van der Waals surface area (Å²) in [6, 6.07) is 0. The lowest BCUT2D eigenvalue weighted by Gasteiger charge is -2.44. The Kier molecular flexibility index (Phi) is 8.51. The van der Waals surface area contributed by atoms with E-state index in [1.54, 1.807) is 0 Å². The normalized spacial score (nSPS) is 37.6. The first-order chi connectivity index (χ1) is 15.6. The predicted octanol–water partition coefficient (Wildman–Crippen LogP) is 6.51. The average molecular weight is 457 g/mol. The van der Waals surface area contributed by atoms with Crippen LogP contribution in [0.1, 0.15) is 92.4 Å². The van der Waals surface area contributed by atoms with E-state index < -0.39 is 17.8 Å². The number of hydrogen-bond acceptors (Lipinski definition) is 3.